The van der Waals surface area contributed by atoms with Crippen molar-refractivity contribution in [2.45, 2.75) is 32.6 Å². The average Bonchev–Trinajstić information content (AvgIpc) is 1.84. The molecule has 0 aromatic heterocycles. The summed E-state index contributed by atoms with van der Waals surface area (Å²) in [6, 6.07) is 0. The highest BCUT2D eigenvalue weighted by Gasteiger charge is 2.37. The molecule has 11 heavy (non-hydrogen) atoms. The van der Waals surface area contributed by atoms with Gasteiger partial charge in [-0.25, -0.2) is 4.79 Å². The van der Waals surface area contributed by atoms with Gasteiger partial charge >= 0.3 is 11.9 Å². The van der Waals surface area contributed by atoms with Crippen LogP contribution in [0.5, 0.6) is 0 Å². The second-order valence-corrected chi connectivity index (χ2v) is 2.94. The molecule has 0 aliphatic heterocycles. The van der Waals surface area contributed by atoms with E-state index < -0.39 is 18.3 Å². The van der Waals surface area contributed by atoms with Crippen molar-refractivity contribution in [1.29, 1.82) is 0 Å². The summed E-state index contributed by atoms with van der Waals surface area (Å²) in [5.41, 5.74) is 0. The molecule has 0 heterocycles. The smallest absolute Gasteiger partial charge is 0.374 e. The van der Waals surface area contributed by atoms with Gasteiger partial charge in [0.2, 0.25) is 0 Å². The lowest BCUT2D eigenvalue weighted by Crippen LogP contribution is -2.28. The van der Waals surface area contributed by atoms with E-state index in [4.69, 9.17) is 5.11 Å². The SMILES string of the molecule is CC(C)CCC(F)(F)C(=O)O. The van der Waals surface area contributed by atoms with E-state index in [2.05, 4.69) is 0 Å². The molecular formula is C7H12F2O2. The van der Waals surface area contributed by atoms with Gasteiger partial charge in [-0.3, -0.25) is 0 Å². The van der Waals surface area contributed by atoms with Crippen molar-refractivity contribution in [3.05, 3.63) is 0 Å². The summed E-state index contributed by atoms with van der Waals surface area (Å²) in [6.45, 7) is 3.55. The Bertz CT molecular complexity index is 143. The molecule has 0 rings (SSSR count). The van der Waals surface area contributed by atoms with Gasteiger partial charge in [-0.15, -0.1) is 0 Å². The molecule has 0 saturated heterocycles. The first-order valence-electron chi connectivity index (χ1n) is 3.47. The zero-order chi connectivity index (χ0) is 9.07. The van der Waals surface area contributed by atoms with E-state index in [0.29, 0.717) is 0 Å². The van der Waals surface area contributed by atoms with Crippen LogP contribution in [0, 0.1) is 5.92 Å². The summed E-state index contributed by atoms with van der Waals surface area (Å²) in [4.78, 5) is 9.88. The number of hydrogen-bond donors (Lipinski definition) is 1. The average molecular weight is 166 g/mol. The van der Waals surface area contributed by atoms with Gasteiger partial charge in [-0.2, -0.15) is 8.78 Å². The molecule has 0 radical (unpaired) electrons. The van der Waals surface area contributed by atoms with Gasteiger partial charge in [0.1, 0.15) is 0 Å². The Hall–Kier alpha value is -0.670. The minimum Gasteiger partial charge on any atom is -0.477 e. The molecule has 0 spiro atoms. The third-order valence-electron chi connectivity index (χ3n) is 1.35. The van der Waals surface area contributed by atoms with Gasteiger partial charge in [-0.1, -0.05) is 13.8 Å². The van der Waals surface area contributed by atoms with Crippen LogP contribution in [-0.4, -0.2) is 17.0 Å². The number of alkyl halides is 2. The van der Waals surface area contributed by atoms with E-state index >= 15 is 0 Å². The van der Waals surface area contributed by atoms with Crippen LogP contribution in [0.25, 0.3) is 0 Å². The van der Waals surface area contributed by atoms with Crippen molar-refractivity contribution >= 4 is 5.97 Å². The monoisotopic (exact) mass is 166 g/mol. The first-order valence-corrected chi connectivity index (χ1v) is 3.47. The van der Waals surface area contributed by atoms with Crippen LogP contribution < -0.4 is 0 Å². The Labute approximate surface area is 64.2 Å². The van der Waals surface area contributed by atoms with E-state index in [-0.39, 0.29) is 12.3 Å². The van der Waals surface area contributed by atoms with Crippen molar-refractivity contribution in [3.63, 3.8) is 0 Å². The van der Waals surface area contributed by atoms with Crippen molar-refractivity contribution in [3.8, 4) is 0 Å². The Morgan fingerprint density at radius 3 is 2.27 bits per heavy atom. The normalized spacial score (nSPS) is 12.1. The van der Waals surface area contributed by atoms with Crippen molar-refractivity contribution < 1.29 is 18.7 Å². The molecule has 0 aromatic carbocycles. The zero-order valence-corrected chi connectivity index (χ0v) is 6.60. The van der Waals surface area contributed by atoms with E-state index in [1.54, 1.807) is 13.8 Å². The molecule has 0 aromatic rings. The minimum absolute atomic E-state index is 0.111. The maximum absolute atomic E-state index is 12.3. The van der Waals surface area contributed by atoms with E-state index in [1.165, 1.54) is 0 Å². The van der Waals surface area contributed by atoms with Gasteiger partial charge in [0.25, 0.3) is 0 Å². The fourth-order valence-electron chi connectivity index (χ4n) is 0.577. The quantitative estimate of drug-likeness (QED) is 0.694. The van der Waals surface area contributed by atoms with E-state index in [1.807, 2.05) is 0 Å². The summed E-state index contributed by atoms with van der Waals surface area (Å²) in [5.74, 6) is -5.47. The van der Waals surface area contributed by atoms with Crippen molar-refractivity contribution in [2.24, 2.45) is 5.92 Å². The number of aliphatic carboxylic acids is 1. The molecule has 0 aliphatic rings. The summed E-state index contributed by atoms with van der Waals surface area (Å²) >= 11 is 0. The number of rotatable bonds is 4. The Morgan fingerprint density at radius 2 is 2.00 bits per heavy atom. The highest BCUT2D eigenvalue weighted by Crippen LogP contribution is 2.22. The third-order valence-corrected chi connectivity index (χ3v) is 1.35. The number of carboxylic acid groups (broad SMARTS) is 1. The summed E-state index contributed by atoms with van der Waals surface area (Å²) in [5, 5.41) is 8.00. The molecule has 2 nitrogen and oxygen atoms in total. The molecule has 0 saturated carbocycles. The maximum Gasteiger partial charge on any atom is 0.374 e. The van der Waals surface area contributed by atoms with Crippen LogP contribution in [0.4, 0.5) is 8.78 Å². The molecule has 66 valence electrons. The largest absolute Gasteiger partial charge is 0.477 e. The van der Waals surface area contributed by atoms with Crippen molar-refractivity contribution in [1.82, 2.24) is 0 Å². The second kappa shape index (κ2) is 3.64. The summed E-state index contributed by atoms with van der Waals surface area (Å²) < 4.78 is 24.6. The molecule has 0 unspecified atom stereocenters. The van der Waals surface area contributed by atoms with Crippen LogP contribution in [-0.2, 0) is 4.79 Å². The highest BCUT2D eigenvalue weighted by molar-refractivity contribution is 5.75. The van der Waals surface area contributed by atoms with Crippen molar-refractivity contribution in [2.75, 3.05) is 0 Å². The molecule has 4 heteroatoms. The number of halogens is 2. The lowest BCUT2D eigenvalue weighted by molar-refractivity contribution is -0.166. The fraction of sp³-hybridized carbons (Fsp3) is 0.857. The van der Waals surface area contributed by atoms with Gasteiger partial charge in [0.15, 0.2) is 0 Å². The van der Waals surface area contributed by atoms with Gasteiger partial charge in [0.05, 0.1) is 0 Å². The van der Waals surface area contributed by atoms with Gasteiger partial charge < -0.3 is 5.11 Å². The Morgan fingerprint density at radius 1 is 1.55 bits per heavy atom. The molecule has 0 amide bonds. The summed E-state index contributed by atoms with van der Waals surface area (Å²) in [6.07, 6.45) is -0.334. The fourth-order valence-corrected chi connectivity index (χ4v) is 0.577. The first kappa shape index (κ1) is 10.3. The topological polar surface area (TPSA) is 37.3 Å². The Kier molecular flexibility index (Phi) is 3.42. The van der Waals surface area contributed by atoms with Gasteiger partial charge in [0, 0.05) is 6.42 Å². The summed E-state index contributed by atoms with van der Waals surface area (Å²) in [7, 11) is 0. The predicted octanol–water partition coefficient (Wildman–Crippen LogP) is 2.14. The Balaban J connectivity index is 3.83. The molecule has 0 fully saturated rings. The van der Waals surface area contributed by atoms with Crippen LogP contribution in [0.3, 0.4) is 0 Å². The van der Waals surface area contributed by atoms with Crippen LogP contribution >= 0.6 is 0 Å². The maximum atomic E-state index is 12.3. The molecule has 0 aliphatic carbocycles. The minimum atomic E-state index is -3.55. The van der Waals surface area contributed by atoms with E-state index in [9.17, 15) is 13.6 Å². The highest BCUT2D eigenvalue weighted by atomic mass is 19.3. The molecule has 1 N–H and O–H groups in total. The van der Waals surface area contributed by atoms with Crippen LogP contribution in [0.15, 0.2) is 0 Å². The van der Waals surface area contributed by atoms with Crippen LogP contribution in [0.1, 0.15) is 26.7 Å². The molecular weight excluding hydrogens is 154 g/mol. The third kappa shape index (κ3) is 3.91. The molecule has 0 bridgehead atoms. The lowest BCUT2D eigenvalue weighted by Gasteiger charge is -2.11. The number of carboxylic acids is 1. The predicted molar refractivity (Wildman–Crippen MR) is 36.7 cm³/mol. The second-order valence-electron chi connectivity index (χ2n) is 2.94. The van der Waals surface area contributed by atoms with Gasteiger partial charge in [-0.05, 0) is 12.3 Å². The lowest BCUT2D eigenvalue weighted by atomic mass is 10.0. The van der Waals surface area contributed by atoms with E-state index in [0.717, 1.165) is 0 Å². The standard InChI is InChI=1S/C7H12F2O2/c1-5(2)3-4-7(8,9)6(10)11/h5H,3-4H2,1-2H3,(H,10,11). The zero-order valence-electron chi connectivity index (χ0n) is 6.60. The molecule has 0 atom stereocenters. The first-order chi connectivity index (χ1) is 4.86. The van der Waals surface area contributed by atoms with Crippen LogP contribution in [0.2, 0.25) is 0 Å². The number of carbonyl (C=O) groups is 1. The number of hydrogen-bond acceptors (Lipinski definition) is 1.